The van der Waals surface area contributed by atoms with Gasteiger partial charge in [0.1, 0.15) is 12.1 Å². The van der Waals surface area contributed by atoms with E-state index in [9.17, 15) is 4.79 Å². The first-order valence-corrected chi connectivity index (χ1v) is 10.3. The predicted octanol–water partition coefficient (Wildman–Crippen LogP) is 2.50. The van der Waals surface area contributed by atoms with E-state index in [2.05, 4.69) is 24.8 Å². The predicted molar refractivity (Wildman–Crippen MR) is 111 cm³/mol. The molecule has 0 bridgehead atoms. The van der Waals surface area contributed by atoms with Crippen molar-refractivity contribution in [2.45, 2.75) is 38.6 Å². The zero-order valence-electron chi connectivity index (χ0n) is 16.4. The molecule has 148 valence electrons. The molecule has 3 aromatic heterocycles. The molecule has 0 saturated carbocycles. The second-order valence-corrected chi connectivity index (χ2v) is 7.91. The fourth-order valence-corrected chi connectivity index (χ4v) is 4.46. The van der Waals surface area contributed by atoms with Crippen LogP contribution >= 0.6 is 0 Å². The molecule has 5 rings (SSSR count). The second-order valence-electron chi connectivity index (χ2n) is 7.91. The lowest BCUT2D eigenvalue weighted by Gasteiger charge is -2.33. The van der Waals surface area contributed by atoms with E-state index in [1.165, 1.54) is 17.7 Å². The molecule has 1 aliphatic carbocycles. The Balaban J connectivity index is 1.25. The van der Waals surface area contributed by atoms with Crippen molar-refractivity contribution in [2.24, 2.45) is 5.92 Å². The minimum Gasteiger partial charge on any atom is -0.356 e. The van der Waals surface area contributed by atoms with Crippen molar-refractivity contribution in [3.63, 3.8) is 0 Å². The number of fused-ring (bicyclic) bond motifs is 1. The summed E-state index contributed by atoms with van der Waals surface area (Å²) in [6.07, 6.45) is 12.3. The van der Waals surface area contributed by atoms with E-state index in [4.69, 9.17) is 0 Å². The van der Waals surface area contributed by atoms with Gasteiger partial charge in [-0.2, -0.15) is 0 Å². The summed E-state index contributed by atoms with van der Waals surface area (Å²) in [4.78, 5) is 32.5. The van der Waals surface area contributed by atoms with E-state index in [1.807, 2.05) is 12.1 Å². The highest BCUT2D eigenvalue weighted by molar-refractivity contribution is 5.57. The van der Waals surface area contributed by atoms with E-state index >= 15 is 0 Å². The van der Waals surface area contributed by atoms with Gasteiger partial charge in [-0.3, -0.25) is 14.3 Å². The summed E-state index contributed by atoms with van der Waals surface area (Å²) in [7, 11) is 0. The van der Waals surface area contributed by atoms with Crippen molar-refractivity contribution in [2.75, 3.05) is 18.0 Å². The highest BCUT2D eigenvalue weighted by Gasteiger charge is 2.25. The quantitative estimate of drug-likeness (QED) is 0.683. The maximum absolute atomic E-state index is 12.6. The molecule has 29 heavy (non-hydrogen) atoms. The molecule has 0 amide bonds. The van der Waals surface area contributed by atoms with Gasteiger partial charge >= 0.3 is 0 Å². The van der Waals surface area contributed by atoms with Gasteiger partial charge in [-0.15, -0.1) is 0 Å². The topological polar surface area (TPSA) is 76.8 Å². The molecule has 7 heteroatoms. The fourth-order valence-electron chi connectivity index (χ4n) is 4.46. The number of aromatic nitrogens is 5. The standard InChI is InChI=1S/C22H24N6O/c29-21-12-20(17-4-8-23-9-5-17)26-15-28(21)13-16-6-10-27(11-7-16)22-18-2-1-3-19(18)24-14-25-22/h4-5,8-9,12,14-16H,1-3,6-7,10-11,13H2. The number of anilines is 1. The zero-order chi connectivity index (χ0) is 19.6. The number of hydrogen-bond acceptors (Lipinski definition) is 6. The Bertz CT molecular complexity index is 1060. The van der Waals surface area contributed by atoms with Crippen LogP contribution in [0.3, 0.4) is 0 Å². The monoisotopic (exact) mass is 388 g/mol. The van der Waals surface area contributed by atoms with Gasteiger partial charge in [-0.05, 0) is 50.2 Å². The average Bonchev–Trinajstić information content (AvgIpc) is 3.25. The number of piperidine rings is 1. The number of rotatable bonds is 4. The van der Waals surface area contributed by atoms with Crippen LogP contribution in [-0.4, -0.2) is 37.6 Å². The minimum absolute atomic E-state index is 0.00265. The first-order chi connectivity index (χ1) is 14.3. The first kappa shape index (κ1) is 18.0. The molecule has 0 aromatic carbocycles. The van der Waals surface area contributed by atoms with E-state index in [0.29, 0.717) is 11.6 Å². The zero-order valence-corrected chi connectivity index (χ0v) is 16.4. The van der Waals surface area contributed by atoms with Crippen LogP contribution in [0.15, 0.2) is 48.0 Å². The molecule has 1 fully saturated rings. The maximum Gasteiger partial charge on any atom is 0.253 e. The van der Waals surface area contributed by atoms with E-state index < -0.39 is 0 Å². The molecule has 1 aliphatic heterocycles. The van der Waals surface area contributed by atoms with Crippen molar-refractivity contribution < 1.29 is 0 Å². The fraction of sp³-hybridized carbons (Fsp3) is 0.409. The lowest BCUT2D eigenvalue weighted by atomic mass is 9.96. The van der Waals surface area contributed by atoms with Gasteiger partial charge in [0.05, 0.1) is 12.0 Å². The summed E-state index contributed by atoms with van der Waals surface area (Å²) < 4.78 is 1.74. The van der Waals surface area contributed by atoms with Gasteiger partial charge in [0, 0.05) is 54.9 Å². The van der Waals surface area contributed by atoms with Crippen LogP contribution in [0.25, 0.3) is 11.3 Å². The Morgan fingerprint density at radius 3 is 2.66 bits per heavy atom. The Labute approximate surface area is 169 Å². The Morgan fingerprint density at radius 1 is 1.03 bits per heavy atom. The van der Waals surface area contributed by atoms with E-state index in [-0.39, 0.29) is 5.56 Å². The number of pyridine rings is 1. The number of nitrogens with zero attached hydrogens (tertiary/aromatic N) is 6. The molecule has 3 aromatic rings. The summed E-state index contributed by atoms with van der Waals surface area (Å²) in [6.45, 7) is 2.68. The molecule has 0 atom stereocenters. The molecule has 0 spiro atoms. The van der Waals surface area contributed by atoms with Crippen LogP contribution < -0.4 is 10.5 Å². The Morgan fingerprint density at radius 2 is 1.86 bits per heavy atom. The highest BCUT2D eigenvalue weighted by Crippen LogP contribution is 2.30. The summed E-state index contributed by atoms with van der Waals surface area (Å²) >= 11 is 0. The number of aryl methyl sites for hydroxylation is 1. The smallest absolute Gasteiger partial charge is 0.253 e. The average molecular weight is 388 g/mol. The van der Waals surface area contributed by atoms with Gasteiger partial charge in [0.25, 0.3) is 5.56 Å². The molecule has 7 nitrogen and oxygen atoms in total. The van der Waals surface area contributed by atoms with Gasteiger partial charge < -0.3 is 4.90 Å². The highest BCUT2D eigenvalue weighted by atomic mass is 16.1. The normalized spacial score (nSPS) is 16.8. The van der Waals surface area contributed by atoms with Gasteiger partial charge in [0.15, 0.2) is 0 Å². The summed E-state index contributed by atoms with van der Waals surface area (Å²) in [5, 5.41) is 0. The third-order valence-electron chi connectivity index (χ3n) is 6.08. The molecule has 4 heterocycles. The third kappa shape index (κ3) is 3.64. The Hall–Kier alpha value is -3.09. The van der Waals surface area contributed by atoms with E-state index in [0.717, 1.165) is 56.7 Å². The van der Waals surface area contributed by atoms with Gasteiger partial charge in [0.2, 0.25) is 0 Å². The van der Waals surface area contributed by atoms with Gasteiger partial charge in [-0.1, -0.05) is 0 Å². The molecule has 2 aliphatic rings. The molecular formula is C22H24N6O. The van der Waals surface area contributed by atoms with Crippen molar-refractivity contribution in [1.82, 2.24) is 24.5 Å². The molecular weight excluding hydrogens is 364 g/mol. The maximum atomic E-state index is 12.6. The Kier molecular flexibility index (Phi) is 4.79. The van der Waals surface area contributed by atoms with Crippen LogP contribution in [0.5, 0.6) is 0 Å². The lowest BCUT2D eigenvalue weighted by Crippen LogP contribution is -2.37. The van der Waals surface area contributed by atoms with Crippen LogP contribution in [-0.2, 0) is 19.4 Å². The number of hydrogen-bond donors (Lipinski definition) is 0. The van der Waals surface area contributed by atoms with Crippen LogP contribution in [0.2, 0.25) is 0 Å². The van der Waals surface area contributed by atoms with Crippen molar-refractivity contribution in [3.8, 4) is 11.3 Å². The summed E-state index contributed by atoms with van der Waals surface area (Å²) in [5.74, 6) is 1.61. The molecule has 1 saturated heterocycles. The molecule has 0 unspecified atom stereocenters. The SMILES string of the molecule is O=c1cc(-c2ccncc2)ncn1CC1CCN(c2ncnc3c2CCC3)CC1. The lowest BCUT2D eigenvalue weighted by molar-refractivity contribution is 0.350. The van der Waals surface area contributed by atoms with Crippen molar-refractivity contribution in [1.29, 1.82) is 0 Å². The second kappa shape index (κ2) is 7.73. The van der Waals surface area contributed by atoms with Crippen LogP contribution in [0.4, 0.5) is 5.82 Å². The van der Waals surface area contributed by atoms with Gasteiger partial charge in [-0.25, -0.2) is 15.0 Å². The van der Waals surface area contributed by atoms with Crippen molar-refractivity contribution >= 4 is 5.82 Å². The third-order valence-corrected chi connectivity index (χ3v) is 6.08. The van der Waals surface area contributed by atoms with Crippen LogP contribution in [0, 0.1) is 5.92 Å². The van der Waals surface area contributed by atoms with Crippen LogP contribution in [0.1, 0.15) is 30.5 Å². The molecule has 0 radical (unpaired) electrons. The molecule has 0 N–H and O–H groups in total. The summed E-state index contributed by atoms with van der Waals surface area (Å²) in [6, 6.07) is 5.35. The van der Waals surface area contributed by atoms with E-state index in [1.54, 1.807) is 35.7 Å². The minimum atomic E-state index is 0.00265. The van der Waals surface area contributed by atoms with Crippen molar-refractivity contribution in [3.05, 3.63) is 64.9 Å². The summed E-state index contributed by atoms with van der Waals surface area (Å²) in [5.41, 5.74) is 4.18. The first-order valence-electron chi connectivity index (χ1n) is 10.3. The largest absolute Gasteiger partial charge is 0.356 e.